The SMILES string of the molecule is c1ccc(Cc2ccccc2Sc2ccccn2)nc1. The third kappa shape index (κ3) is 3.25. The van der Waals surface area contributed by atoms with Crippen LogP contribution < -0.4 is 0 Å². The van der Waals surface area contributed by atoms with Crippen LogP contribution in [0.4, 0.5) is 0 Å². The average molecular weight is 278 g/mol. The predicted octanol–water partition coefficient (Wildman–Crippen LogP) is 4.22. The van der Waals surface area contributed by atoms with Crippen LogP contribution in [0, 0.1) is 0 Å². The number of nitrogens with zero attached hydrogens (tertiary/aromatic N) is 2. The lowest BCUT2D eigenvalue weighted by atomic mass is 10.1. The Morgan fingerprint density at radius 3 is 2.25 bits per heavy atom. The Kier molecular flexibility index (Phi) is 4.09. The van der Waals surface area contributed by atoms with Gasteiger partial charge in [-0.1, -0.05) is 42.1 Å². The van der Waals surface area contributed by atoms with Gasteiger partial charge in [0, 0.05) is 29.4 Å². The second-order valence-electron chi connectivity index (χ2n) is 4.38. The van der Waals surface area contributed by atoms with E-state index >= 15 is 0 Å². The van der Waals surface area contributed by atoms with Crippen LogP contribution in [0.15, 0.2) is 83.0 Å². The van der Waals surface area contributed by atoms with Crippen molar-refractivity contribution in [2.45, 2.75) is 16.3 Å². The molecular weight excluding hydrogens is 264 g/mol. The van der Waals surface area contributed by atoms with Gasteiger partial charge >= 0.3 is 0 Å². The molecule has 3 rings (SSSR count). The second kappa shape index (κ2) is 6.35. The summed E-state index contributed by atoms with van der Waals surface area (Å²) < 4.78 is 0. The van der Waals surface area contributed by atoms with Crippen LogP contribution in [-0.2, 0) is 6.42 Å². The largest absolute Gasteiger partial charge is 0.261 e. The van der Waals surface area contributed by atoms with Crippen LogP contribution in [0.5, 0.6) is 0 Å². The van der Waals surface area contributed by atoms with Crippen molar-refractivity contribution in [1.29, 1.82) is 0 Å². The molecule has 0 radical (unpaired) electrons. The van der Waals surface area contributed by atoms with Crippen LogP contribution in [0.1, 0.15) is 11.3 Å². The summed E-state index contributed by atoms with van der Waals surface area (Å²) in [4.78, 5) is 10.00. The van der Waals surface area contributed by atoms with Crippen molar-refractivity contribution in [3.63, 3.8) is 0 Å². The fraction of sp³-hybridized carbons (Fsp3) is 0.0588. The van der Waals surface area contributed by atoms with E-state index < -0.39 is 0 Å². The maximum absolute atomic E-state index is 4.40. The van der Waals surface area contributed by atoms with E-state index in [2.05, 4.69) is 40.3 Å². The van der Waals surface area contributed by atoms with Gasteiger partial charge in [-0.2, -0.15) is 0 Å². The summed E-state index contributed by atoms with van der Waals surface area (Å²) in [6.07, 6.45) is 4.50. The number of aromatic nitrogens is 2. The van der Waals surface area contributed by atoms with Gasteiger partial charge in [0.2, 0.25) is 0 Å². The molecule has 98 valence electrons. The van der Waals surface area contributed by atoms with E-state index in [-0.39, 0.29) is 0 Å². The molecule has 0 saturated heterocycles. The zero-order valence-electron chi connectivity index (χ0n) is 10.9. The smallest absolute Gasteiger partial charge is 0.101 e. The fourth-order valence-electron chi connectivity index (χ4n) is 1.97. The molecule has 3 heteroatoms. The molecule has 2 nitrogen and oxygen atoms in total. The molecule has 0 saturated carbocycles. The molecule has 20 heavy (non-hydrogen) atoms. The highest BCUT2D eigenvalue weighted by Crippen LogP contribution is 2.29. The first-order valence-corrected chi connectivity index (χ1v) is 7.30. The van der Waals surface area contributed by atoms with Crippen molar-refractivity contribution >= 4 is 11.8 Å². The molecule has 0 N–H and O–H groups in total. The molecule has 0 atom stereocenters. The van der Waals surface area contributed by atoms with Crippen molar-refractivity contribution in [2.75, 3.05) is 0 Å². The van der Waals surface area contributed by atoms with Crippen LogP contribution in [0.3, 0.4) is 0 Å². The summed E-state index contributed by atoms with van der Waals surface area (Å²) in [6.45, 7) is 0. The van der Waals surface area contributed by atoms with Gasteiger partial charge < -0.3 is 0 Å². The van der Waals surface area contributed by atoms with Crippen LogP contribution >= 0.6 is 11.8 Å². The monoisotopic (exact) mass is 278 g/mol. The molecule has 0 bridgehead atoms. The number of hydrogen-bond acceptors (Lipinski definition) is 3. The van der Waals surface area contributed by atoms with E-state index in [9.17, 15) is 0 Å². The van der Waals surface area contributed by atoms with Crippen LogP contribution in [0.2, 0.25) is 0 Å². The predicted molar refractivity (Wildman–Crippen MR) is 81.8 cm³/mol. The van der Waals surface area contributed by atoms with E-state index in [0.29, 0.717) is 0 Å². The van der Waals surface area contributed by atoms with Gasteiger partial charge in [0.25, 0.3) is 0 Å². The Labute approximate surface area is 122 Å². The second-order valence-corrected chi connectivity index (χ2v) is 5.44. The van der Waals surface area contributed by atoms with E-state index in [1.54, 1.807) is 11.8 Å². The van der Waals surface area contributed by atoms with Gasteiger partial charge in [-0.25, -0.2) is 4.98 Å². The van der Waals surface area contributed by atoms with Gasteiger partial charge in [-0.15, -0.1) is 0 Å². The summed E-state index contributed by atoms with van der Waals surface area (Å²) in [7, 11) is 0. The third-order valence-electron chi connectivity index (χ3n) is 2.92. The van der Waals surface area contributed by atoms with Crippen LogP contribution in [0.25, 0.3) is 0 Å². The highest BCUT2D eigenvalue weighted by Gasteiger charge is 2.06. The van der Waals surface area contributed by atoms with E-state index in [1.165, 1.54) is 10.5 Å². The standard InChI is InChI=1S/C17H14N2S/c1-2-9-16(20-17-10-4-6-12-19-17)14(7-1)13-15-8-3-5-11-18-15/h1-12H,13H2. The van der Waals surface area contributed by atoms with Crippen molar-refractivity contribution < 1.29 is 0 Å². The number of pyridine rings is 2. The molecule has 0 spiro atoms. The van der Waals surface area contributed by atoms with Gasteiger partial charge in [0.05, 0.1) is 0 Å². The first-order valence-electron chi connectivity index (χ1n) is 6.48. The summed E-state index contributed by atoms with van der Waals surface area (Å²) in [5.74, 6) is 0. The number of rotatable bonds is 4. The van der Waals surface area contributed by atoms with Crippen LogP contribution in [-0.4, -0.2) is 9.97 Å². The van der Waals surface area contributed by atoms with Gasteiger partial charge in [-0.3, -0.25) is 4.98 Å². The highest BCUT2D eigenvalue weighted by molar-refractivity contribution is 7.99. The average Bonchev–Trinajstić information content (AvgIpc) is 2.51. The third-order valence-corrected chi connectivity index (χ3v) is 3.99. The zero-order chi connectivity index (χ0) is 13.6. The van der Waals surface area contributed by atoms with Crippen molar-refractivity contribution in [3.05, 3.63) is 84.3 Å². The lowest BCUT2D eigenvalue weighted by Gasteiger charge is -2.08. The lowest BCUT2D eigenvalue weighted by Crippen LogP contribution is -1.93. The van der Waals surface area contributed by atoms with Crippen molar-refractivity contribution in [1.82, 2.24) is 9.97 Å². The Hall–Kier alpha value is -2.13. The first kappa shape index (κ1) is 12.9. The van der Waals surface area contributed by atoms with Gasteiger partial charge in [-0.05, 0) is 35.9 Å². The molecular formula is C17H14N2S. The molecule has 3 aromatic rings. The quantitative estimate of drug-likeness (QED) is 0.714. The van der Waals surface area contributed by atoms with Gasteiger partial charge in [0.15, 0.2) is 0 Å². The first-order chi connectivity index (χ1) is 9.92. The lowest BCUT2D eigenvalue weighted by molar-refractivity contribution is 1.04. The summed E-state index contributed by atoms with van der Waals surface area (Å²) in [6, 6.07) is 20.4. The molecule has 2 heterocycles. The summed E-state index contributed by atoms with van der Waals surface area (Å²) >= 11 is 1.69. The zero-order valence-corrected chi connectivity index (χ0v) is 11.8. The summed E-state index contributed by atoms with van der Waals surface area (Å²) in [5.41, 5.74) is 2.36. The molecule has 0 aliphatic carbocycles. The molecule has 0 aliphatic rings. The minimum absolute atomic E-state index is 0.844. The minimum atomic E-state index is 0.844. The fourth-order valence-corrected chi connectivity index (χ4v) is 2.87. The molecule has 0 fully saturated rings. The molecule has 1 aromatic carbocycles. The van der Waals surface area contributed by atoms with E-state index in [4.69, 9.17) is 0 Å². The maximum Gasteiger partial charge on any atom is 0.101 e. The Morgan fingerprint density at radius 2 is 1.50 bits per heavy atom. The van der Waals surface area contributed by atoms with E-state index in [0.717, 1.165) is 17.1 Å². The molecule has 0 unspecified atom stereocenters. The normalized spacial score (nSPS) is 10.4. The maximum atomic E-state index is 4.40. The molecule has 2 aromatic heterocycles. The Bertz CT molecular complexity index is 608. The Balaban J connectivity index is 1.85. The number of benzene rings is 1. The summed E-state index contributed by atoms with van der Waals surface area (Å²) in [5, 5.41) is 1.01. The Morgan fingerprint density at radius 1 is 0.750 bits per heavy atom. The molecule has 0 aliphatic heterocycles. The highest BCUT2D eigenvalue weighted by atomic mass is 32.2. The van der Waals surface area contributed by atoms with Crippen molar-refractivity contribution in [2.24, 2.45) is 0 Å². The number of hydrogen-bond donors (Lipinski definition) is 0. The van der Waals surface area contributed by atoms with Gasteiger partial charge in [0.1, 0.15) is 5.03 Å². The minimum Gasteiger partial charge on any atom is -0.261 e. The molecule has 0 amide bonds. The topological polar surface area (TPSA) is 25.8 Å². The van der Waals surface area contributed by atoms with Crippen molar-refractivity contribution in [3.8, 4) is 0 Å². The van der Waals surface area contributed by atoms with E-state index in [1.807, 2.05) is 42.7 Å².